The monoisotopic (exact) mass is 197 g/mol. The van der Waals surface area contributed by atoms with Gasteiger partial charge in [0, 0.05) is 5.92 Å². The second-order valence-electron chi connectivity index (χ2n) is 3.06. The van der Waals surface area contributed by atoms with Crippen molar-refractivity contribution in [3.8, 4) is 0 Å². The summed E-state index contributed by atoms with van der Waals surface area (Å²) >= 11 is 0. The predicted octanol–water partition coefficient (Wildman–Crippen LogP) is 1.49. The number of hydrogen-bond acceptors (Lipinski definition) is 4. The van der Waals surface area contributed by atoms with Crippen LogP contribution < -0.4 is 0 Å². The lowest BCUT2D eigenvalue weighted by atomic mass is 9.98. The van der Waals surface area contributed by atoms with Crippen LogP contribution in [0.2, 0.25) is 0 Å². The molecule has 0 unspecified atom stereocenters. The first-order chi connectivity index (χ1) is 6.74. The van der Waals surface area contributed by atoms with E-state index in [1.807, 2.05) is 0 Å². The third-order valence-electron chi connectivity index (χ3n) is 2.33. The molecule has 0 saturated carbocycles. The highest BCUT2D eigenvalue weighted by Crippen LogP contribution is 2.22. The van der Waals surface area contributed by atoms with Crippen molar-refractivity contribution in [1.82, 2.24) is 15.4 Å². The van der Waals surface area contributed by atoms with Gasteiger partial charge in [0.15, 0.2) is 5.69 Å². The molecule has 1 aromatic rings. The van der Waals surface area contributed by atoms with E-state index in [1.165, 1.54) is 7.11 Å². The molecule has 1 aromatic heterocycles. The highest BCUT2D eigenvalue weighted by molar-refractivity contribution is 5.88. The van der Waals surface area contributed by atoms with E-state index >= 15 is 0 Å². The summed E-state index contributed by atoms with van der Waals surface area (Å²) in [5.41, 5.74) is 1.02. The summed E-state index contributed by atoms with van der Waals surface area (Å²) in [6.45, 7) is 4.12. The Hall–Kier alpha value is -1.39. The second kappa shape index (κ2) is 4.74. The maximum Gasteiger partial charge on any atom is 0.360 e. The zero-order valence-electron chi connectivity index (χ0n) is 8.70. The van der Waals surface area contributed by atoms with Gasteiger partial charge in [0.1, 0.15) is 5.69 Å². The summed E-state index contributed by atoms with van der Waals surface area (Å²) in [6, 6.07) is 0. The third-order valence-corrected chi connectivity index (χ3v) is 2.33. The van der Waals surface area contributed by atoms with Crippen LogP contribution in [0, 0.1) is 0 Å². The average molecular weight is 197 g/mol. The molecule has 1 heterocycles. The Morgan fingerprint density at radius 2 is 2.07 bits per heavy atom. The number of aromatic nitrogens is 3. The van der Waals surface area contributed by atoms with Crippen molar-refractivity contribution in [1.29, 1.82) is 0 Å². The van der Waals surface area contributed by atoms with Gasteiger partial charge < -0.3 is 4.74 Å². The summed E-state index contributed by atoms with van der Waals surface area (Å²) in [5.74, 6) is -0.163. The van der Waals surface area contributed by atoms with Gasteiger partial charge in [-0.25, -0.2) is 4.79 Å². The van der Waals surface area contributed by atoms with E-state index in [1.54, 1.807) is 0 Å². The van der Waals surface area contributed by atoms with Crippen LogP contribution >= 0.6 is 0 Å². The van der Waals surface area contributed by atoms with E-state index in [-0.39, 0.29) is 5.92 Å². The van der Waals surface area contributed by atoms with Gasteiger partial charge in [0.05, 0.1) is 7.11 Å². The molecule has 5 heteroatoms. The number of nitrogens with one attached hydrogen (secondary N) is 1. The fourth-order valence-corrected chi connectivity index (χ4v) is 1.45. The normalized spacial score (nSPS) is 10.6. The van der Waals surface area contributed by atoms with Crippen LogP contribution in [0.1, 0.15) is 48.8 Å². The molecule has 1 N–H and O–H groups in total. The molecular weight excluding hydrogens is 182 g/mol. The lowest BCUT2D eigenvalue weighted by Gasteiger charge is -2.08. The van der Waals surface area contributed by atoms with Crippen LogP contribution in [-0.4, -0.2) is 28.5 Å². The SMILES string of the molecule is CCC(CC)c1n[nH]nc1C(=O)OC. The Morgan fingerprint density at radius 1 is 1.43 bits per heavy atom. The first-order valence-corrected chi connectivity index (χ1v) is 4.73. The van der Waals surface area contributed by atoms with E-state index < -0.39 is 5.97 Å². The molecule has 0 spiro atoms. The molecule has 0 aliphatic rings. The van der Waals surface area contributed by atoms with E-state index in [4.69, 9.17) is 0 Å². The fourth-order valence-electron chi connectivity index (χ4n) is 1.45. The van der Waals surface area contributed by atoms with E-state index in [2.05, 4.69) is 34.0 Å². The largest absolute Gasteiger partial charge is 0.464 e. The van der Waals surface area contributed by atoms with Crippen molar-refractivity contribution in [3.05, 3.63) is 11.4 Å². The molecule has 0 fully saturated rings. The molecule has 0 aliphatic heterocycles. The molecule has 0 atom stereocenters. The molecule has 5 nitrogen and oxygen atoms in total. The minimum atomic E-state index is -0.430. The number of aromatic amines is 1. The summed E-state index contributed by atoms with van der Waals surface area (Å²) in [6.07, 6.45) is 1.88. The topological polar surface area (TPSA) is 67.9 Å². The van der Waals surface area contributed by atoms with Gasteiger partial charge in [-0.05, 0) is 12.8 Å². The summed E-state index contributed by atoms with van der Waals surface area (Å²) < 4.78 is 4.61. The first-order valence-electron chi connectivity index (χ1n) is 4.73. The molecule has 0 radical (unpaired) electrons. The summed E-state index contributed by atoms with van der Waals surface area (Å²) in [7, 11) is 1.34. The van der Waals surface area contributed by atoms with E-state index in [0.717, 1.165) is 12.8 Å². The fraction of sp³-hybridized carbons (Fsp3) is 0.667. The Balaban J connectivity index is 2.96. The Labute approximate surface area is 82.8 Å². The Kier molecular flexibility index (Phi) is 3.62. The predicted molar refractivity (Wildman–Crippen MR) is 51.0 cm³/mol. The average Bonchev–Trinajstić information content (AvgIpc) is 2.68. The lowest BCUT2D eigenvalue weighted by molar-refractivity contribution is 0.0592. The first kappa shape index (κ1) is 10.7. The number of nitrogens with zero attached hydrogens (tertiary/aromatic N) is 2. The van der Waals surface area contributed by atoms with Gasteiger partial charge in [0.2, 0.25) is 0 Å². The number of hydrogen-bond donors (Lipinski definition) is 1. The number of carbonyl (C=O) groups is 1. The highest BCUT2D eigenvalue weighted by atomic mass is 16.5. The molecule has 0 saturated heterocycles. The van der Waals surface area contributed by atoms with Crippen LogP contribution in [0.4, 0.5) is 0 Å². The minimum absolute atomic E-state index is 0.267. The number of methoxy groups -OCH3 is 1. The van der Waals surface area contributed by atoms with Crippen LogP contribution in [0.5, 0.6) is 0 Å². The molecule has 78 valence electrons. The molecule has 0 aliphatic carbocycles. The zero-order valence-corrected chi connectivity index (χ0v) is 8.70. The third kappa shape index (κ3) is 1.92. The van der Waals surface area contributed by atoms with Gasteiger partial charge in [-0.15, -0.1) is 5.10 Å². The van der Waals surface area contributed by atoms with Crippen molar-refractivity contribution >= 4 is 5.97 Å². The van der Waals surface area contributed by atoms with Crippen LogP contribution in [-0.2, 0) is 4.74 Å². The highest BCUT2D eigenvalue weighted by Gasteiger charge is 2.21. The van der Waals surface area contributed by atoms with Gasteiger partial charge in [0.25, 0.3) is 0 Å². The number of H-pyrrole nitrogens is 1. The number of rotatable bonds is 4. The number of esters is 1. The van der Waals surface area contributed by atoms with Crippen molar-refractivity contribution in [2.24, 2.45) is 0 Å². The van der Waals surface area contributed by atoms with Crippen molar-refractivity contribution in [2.75, 3.05) is 7.11 Å². The number of ether oxygens (including phenoxy) is 1. The molecule has 0 aromatic carbocycles. The van der Waals surface area contributed by atoms with E-state index in [9.17, 15) is 4.79 Å². The number of carbonyl (C=O) groups excluding carboxylic acids is 1. The van der Waals surface area contributed by atoms with Gasteiger partial charge in [-0.2, -0.15) is 10.3 Å². The minimum Gasteiger partial charge on any atom is -0.464 e. The standard InChI is InChI=1S/C9H15N3O2/c1-4-6(5-2)7-8(9(13)14-3)11-12-10-7/h6H,4-5H2,1-3H3,(H,10,11,12). The second-order valence-corrected chi connectivity index (χ2v) is 3.06. The molecule has 1 rings (SSSR count). The summed E-state index contributed by atoms with van der Waals surface area (Å²) in [5, 5.41) is 10.2. The quantitative estimate of drug-likeness (QED) is 0.742. The van der Waals surface area contributed by atoms with Crippen molar-refractivity contribution in [3.63, 3.8) is 0 Å². The van der Waals surface area contributed by atoms with Crippen molar-refractivity contribution in [2.45, 2.75) is 32.6 Å². The van der Waals surface area contributed by atoms with Crippen molar-refractivity contribution < 1.29 is 9.53 Å². The van der Waals surface area contributed by atoms with Gasteiger partial charge in [-0.1, -0.05) is 13.8 Å². The lowest BCUT2D eigenvalue weighted by Crippen LogP contribution is -2.08. The Bertz CT molecular complexity index is 305. The van der Waals surface area contributed by atoms with Crippen LogP contribution in [0.25, 0.3) is 0 Å². The summed E-state index contributed by atoms with van der Waals surface area (Å²) in [4.78, 5) is 11.3. The maximum atomic E-state index is 11.3. The molecular formula is C9H15N3O2. The van der Waals surface area contributed by atoms with Gasteiger partial charge in [-0.3, -0.25) is 0 Å². The van der Waals surface area contributed by atoms with Crippen LogP contribution in [0.3, 0.4) is 0 Å². The molecule has 0 bridgehead atoms. The zero-order chi connectivity index (χ0) is 10.6. The smallest absolute Gasteiger partial charge is 0.360 e. The molecule has 0 amide bonds. The molecule has 14 heavy (non-hydrogen) atoms. The van der Waals surface area contributed by atoms with Gasteiger partial charge >= 0.3 is 5.97 Å². The van der Waals surface area contributed by atoms with Crippen LogP contribution in [0.15, 0.2) is 0 Å². The van der Waals surface area contributed by atoms with E-state index in [0.29, 0.717) is 11.4 Å². The maximum absolute atomic E-state index is 11.3. The Morgan fingerprint density at radius 3 is 2.57 bits per heavy atom.